The third-order valence-electron chi connectivity index (χ3n) is 2.62. The van der Waals surface area contributed by atoms with E-state index < -0.39 is 0 Å². The highest BCUT2D eigenvalue weighted by Crippen LogP contribution is 2.17. The predicted molar refractivity (Wildman–Crippen MR) is 68.6 cm³/mol. The average molecular weight is 237 g/mol. The third kappa shape index (κ3) is 4.17. The van der Waals surface area contributed by atoms with Gasteiger partial charge in [-0.15, -0.1) is 0 Å². The summed E-state index contributed by atoms with van der Waals surface area (Å²) >= 11 is 0. The minimum atomic E-state index is -0.298. The van der Waals surface area contributed by atoms with Gasteiger partial charge in [0.05, 0.1) is 0 Å². The number of amides is 1. The van der Waals surface area contributed by atoms with Crippen LogP contribution in [0.4, 0.5) is 10.1 Å². The van der Waals surface area contributed by atoms with Crippen molar-refractivity contribution in [2.24, 2.45) is 0 Å². The third-order valence-corrected chi connectivity index (χ3v) is 2.62. The molecule has 0 fully saturated rings. The molecule has 0 aliphatic carbocycles. The van der Waals surface area contributed by atoms with Gasteiger partial charge >= 0.3 is 0 Å². The van der Waals surface area contributed by atoms with Gasteiger partial charge in [-0.3, -0.25) is 4.79 Å². The molecule has 2 nitrogen and oxygen atoms in total. The quantitative estimate of drug-likeness (QED) is 0.737. The molecule has 0 aliphatic rings. The molecule has 1 rings (SSSR count). The lowest BCUT2D eigenvalue weighted by Gasteiger charge is -2.22. The van der Waals surface area contributed by atoms with Crippen molar-refractivity contribution in [2.45, 2.75) is 39.5 Å². The molecule has 0 heterocycles. The molecule has 0 aliphatic heterocycles. The van der Waals surface area contributed by atoms with Crippen LogP contribution in [0.1, 0.15) is 39.5 Å². The molecule has 0 saturated carbocycles. The van der Waals surface area contributed by atoms with E-state index in [1.165, 1.54) is 12.1 Å². The van der Waals surface area contributed by atoms with E-state index >= 15 is 0 Å². The van der Waals surface area contributed by atoms with E-state index in [0.717, 1.165) is 19.3 Å². The van der Waals surface area contributed by atoms with Crippen molar-refractivity contribution in [2.75, 3.05) is 11.4 Å². The Labute approximate surface area is 102 Å². The van der Waals surface area contributed by atoms with Crippen LogP contribution in [0.25, 0.3) is 0 Å². The largest absolute Gasteiger partial charge is 0.312 e. The number of anilines is 1. The van der Waals surface area contributed by atoms with E-state index in [0.29, 0.717) is 18.7 Å². The van der Waals surface area contributed by atoms with Crippen LogP contribution in [-0.4, -0.2) is 12.5 Å². The van der Waals surface area contributed by atoms with Crippen molar-refractivity contribution < 1.29 is 9.18 Å². The molecule has 0 unspecified atom stereocenters. The summed E-state index contributed by atoms with van der Waals surface area (Å²) in [7, 11) is 0. The SMILES string of the molecule is CCCCN(C(=O)CCC)c1cccc(F)c1. The normalized spacial score (nSPS) is 10.3. The van der Waals surface area contributed by atoms with Crippen molar-refractivity contribution in [3.8, 4) is 0 Å². The van der Waals surface area contributed by atoms with Gasteiger partial charge in [0.15, 0.2) is 0 Å². The van der Waals surface area contributed by atoms with Crippen molar-refractivity contribution in [1.82, 2.24) is 0 Å². The monoisotopic (exact) mass is 237 g/mol. The minimum absolute atomic E-state index is 0.0755. The summed E-state index contributed by atoms with van der Waals surface area (Å²) < 4.78 is 13.2. The zero-order valence-corrected chi connectivity index (χ0v) is 10.6. The molecule has 1 aromatic rings. The highest BCUT2D eigenvalue weighted by Gasteiger charge is 2.14. The van der Waals surface area contributed by atoms with Gasteiger partial charge in [-0.1, -0.05) is 26.3 Å². The van der Waals surface area contributed by atoms with Crippen molar-refractivity contribution in [3.05, 3.63) is 30.1 Å². The van der Waals surface area contributed by atoms with E-state index in [-0.39, 0.29) is 11.7 Å². The molecule has 0 saturated heterocycles. The Morgan fingerprint density at radius 3 is 2.65 bits per heavy atom. The second-order valence-corrected chi connectivity index (χ2v) is 4.13. The maximum Gasteiger partial charge on any atom is 0.226 e. The summed E-state index contributed by atoms with van der Waals surface area (Å²) in [6.07, 6.45) is 3.29. The number of carbonyl (C=O) groups excluding carboxylic acids is 1. The lowest BCUT2D eigenvalue weighted by molar-refractivity contribution is -0.118. The standard InChI is InChI=1S/C14H20FNO/c1-3-5-10-16(14(17)7-4-2)13-9-6-8-12(15)11-13/h6,8-9,11H,3-5,7,10H2,1-2H3. The Morgan fingerprint density at radius 2 is 2.06 bits per heavy atom. The molecule has 0 aromatic heterocycles. The fraction of sp³-hybridized carbons (Fsp3) is 0.500. The molecule has 0 radical (unpaired) electrons. The van der Waals surface area contributed by atoms with Crippen LogP contribution in [0.2, 0.25) is 0 Å². The van der Waals surface area contributed by atoms with Crippen LogP contribution in [-0.2, 0) is 4.79 Å². The molecule has 1 amide bonds. The van der Waals surface area contributed by atoms with Gasteiger partial charge < -0.3 is 4.90 Å². The van der Waals surface area contributed by atoms with Crippen LogP contribution in [0.15, 0.2) is 24.3 Å². The van der Waals surface area contributed by atoms with Crippen LogP contribution < -0.4 is 4.90 Å². The Balaban J connectivity index is 2.85. The summed E-state index contributed by atoms with van der Waals surface area (Å²) in [5, 5.41) is 0. The summed E-state index contributed by atoms with van der Waals surface area (Å²) in [5.41, 5.74) is 0.664. The maximum absolute atomic E-state index is 13.2. The number of carbonyl (C=O) groups is 1. The number of unbranched alkanes of at least 4 members (excludes halogenated alkanes) is 1. The van der Waals surface area contributed by atoms with Gasteiger partial charge in [0.2, 0.25) is 5.91 Å². The van der Waals surface area contributed by atoms with Gasteiger partial charge in [0.1, 0.15) is 5.82 Å². The number of hydrogen-bond acceptors (Lipinski definition) is 1. The summed E-state index contributed by atoms with van der Waals surface area (Å²) in [6.45, 7) is 4.72. The maximum atomic E-state index is 13.2. The first kappa shape index (κ1) is 13.7. The Hall–Kier alpha value is -1.38. The summed E-state index contributed by atoms with van der Waals surface area (Å²) in [6, 6.07) is 6.24. The van der Waals surface area contributed by atoms with Crippen LogP contribution >= 0.6 is 0 Å². The van der Waals surface area contributed by atoms with Gasteiger partial charge in [-0.2, -0.15) is 0 Å². The van der Waals surface area contributed by atoms with E-state index in [9.17, 15) is 9.18 Å². The number of hydrogen-bond donors (Lipinski definition) is 0. The lowest BCUT2D eigenvalue weighted by Crippen LogP contribution is -2.31. The second kappa shape index (κ2) is 7.05. The van der Waals surface area contributed by atoms with Crippen molar-refractivity contribution in [1.29, 1.82) is 0 Å². The van der Waals surface area contributed by atoms with E-state index in [4.69, 9.17) is 0 Å². The lowest BCUT2D eigenvalue weighted by atomic mass is 10.2. The highest BCUT2D eigenvalue weighted by atomic mass is 19.1. The van der Waals surface area contributed by atoms with Crippen LogP contribution in [0.3, 0.4) is 0 Å². The first-order valence-corrected chi connectivity index (χ1v) is 6.25. The molecule has 0 N–H and O–H groups in total. The Morgan fingerprint density at radius 1 is 1.29 bits per heavy atom. The number of nitrogens with zero attached hydrogens (tertiary/aromatic N) is 1. The molecule has 1 aromatic carbocycles. The minimum Gasteiger partial charge on any atom is -0.312 e. The smallest absolute Gasteiger partial charge is 0.226 e. The predicted octanol–water partition coefficient (Wildman–Crippen LogP) is 3.76. The second-order valence-electron chi connectivity index (χ2n) is 4.13. The van der Waals surface area contributed by atoms with E-state index in [2.05, 4.69) is 6.92 Å². The number of benzene rings is 1. The van der Waals surface area contributed by atoms with Crippen molar-refractivity contribution in [3.63, 3.8) is 0 Å². The molecule has 0 spiro atoms. The zero-order chi connectivity index (χ0) is 12.7. The molecule has 0 bridgehead atoms. The van der Waals surface area contributed by atoms with Gasteiger partial charge in [-0.25, -0.2) is 4.39 Å². The average Bonchev–Trinajstić information content (AvgIpc) is 2.30. The van der Waals surface area contributed by atoms with Gasteiger partial charge in [-0.05, 0) is 31.0 Å². The van der Waals surface area contributed by atoms with E-state index in [1.807, 2.05) is 6.92 Å². The summed E-state index contributed by atoms with van der Waals surface area (Å²) in [4.78, 5) is 13.7. The zero-order valence-electron chi connectivity index (χ0n) is 10.6. The highest BCUT2D eigenvalue weighted by molar-refractivity contribution is 5.93. The molecule has 94 valence electrons. The number of halogens is 1. The molecular formula is C14H20FNO. The van der Waals surface area contributed by atoms with E-state index in [1.54, 1.807) is 17.0 Å². The fourth-order valence-electron chi connectivity index (χ4n) is 1.71. The molecule has 3 heteroatoms. The molecule has 17 heavy (non-hydrogen) atoms. The van der Waals surface area contributed by atoms with Crippen LogP contribution in [0.5, 0.6) is 0 Å². The van der Waals surface area contributed by atoms with Gasteiger partial charge in [0.25, 0.3) is 0 Å². The fourth-order valence-corrected chi connectivity index (χ4v) is 1.71. The van der Waals surface area contributed by atoms with Gasteiger partial charge in [0, 0.05) is 18.7 Å². The molecule has 0 atom stereocenters. The number of rotatable bonds is 6. The topological polar surface area (TPSA) is 20.3 Å². The first-order chi connectivity index (χ1) is 8.19. The first-order valence-electron chi connectivity index (χ1n) is 6.25. The summed E-state index contributed by atoms with van der Waals surface area (Å²) in [5.74, 6) is -0.222. The molecular weight excluding hydrogens is 217 g/mol. The van der Waals surface area contributed by atoms with Crippen molar-refractivity contribution >= 4 is 11.6 Å². The Bertz CT molecular complexity index is 365. The van der Waals surface area contributed by atoms with Crippen LogP contribution in [0, 0.1) is 5.82 Å². The Kier molecular flexibility index (Phi) is 5.67.